The van der Waals surface area contributed by atoms with E-state index in [4.69, 9.17) is 10.5 Å². The number of nitrogens with two attached hydrogens (primary N) is 1. The predicted octanol–water partition coefficient (Wildman–Crippen LogP) is 4.31. The number of carbonyl (C=O) groups is 3. The number of fused-ring (bicyclic) bond motifs is 2. The van der Waals surface area contributed by atoms with Crippen LogP contribution in [0.4, 0.5) is 23.1 Å². The van der Waals surface area contributed by atoms with Crippen molar-refractivity contribution in [2.24, 2.45) is 5.73 Å². The Bertz CT molecular complexity index is 1750. The zero-order valence-electron chi connectivity index (χ0n) is 26.4. The summed E-state index contributed by atoms with van der Waals surface area (Å²) >= 11 is 0. The number of rotatable bonds is 11. The largest absolute Gasteiger partial charge is 0.492 e. The quantitative estimate of drug-likeness (QED) is 0.189. The number of hydrogen-bond acceptors (Lipinski definition) is 9. The lowest BCUT2D eigenvalue weighted by Crippen LogP contribution is -2.53. The molecule has 0 spiro atoms. The zero-order chi connectivity index (χ0) is 32.9. The third kappa shape index (κ3) is 7.17. The van der Waals surface area contributed by atoms with Gasteiger partial charge in [0.2, 0.25) is 5.95 Å². The van der Waals surface area contributed by atoms with Crippen LogP contribution < -0.4 is 26.4 Å². The zero-order valence-corrected chi connectivity index (χ0v) is 26.4. The summed E-state index contributed by atoms with van der Waals surface area (Å²) in [4.78, 5) is 51.5. The van der Waals surface area contributed by atoms with E-state index in [1.165, 1.54) is 6.20 Å². The maximum atomic E-state index is 13.5. The molecule has 2 saturated heterocycles. The Hall–Kier alpha value is -5.49. The summed E-state index contributed by atoms with van der Waals surface area (Å²) in [5.74, 6) is -0.119. The molecule has 2 fully saturated rings. The number of anilines is 4. The van der Waals surface area contributed by atoms with Gasteiger partial charge >= 0.3 is 0 Å². The van der Waals surface area contributed by atoms with Crippen LogP contribution in [0.5, 0.6) is 5.75 Å². The first-order valence-electron chi connectivity index (χ1n) is 15.7. The van der Waals surface area contributed by atoms with Crippen LogP contribution in [-0.4, -0.2) is 76.3 Å². The van der Waals surface area contributed by atoms with Crippen LogP contribution in [0.3, 0.4) is 0 Å². The van der Waals surface area contributed by atoms with Gasteiger partial charge in [-0.15, -0.1) is 0 Å². The summed E-state index contributed by atoms with van der Waals surface area (Å²) in [6.45, 7) is 4.06. The second kappa shape index (κ2) is 13.9. The van der Waals surface area contributed by atoms with Gasteiger partial charge < -0.3 is 31.3 Å². The normalized spacial score (nSPS) is 17.2. The molecule has 3 heterocycles. The SMILES string of the molecule is CCOc1cc(C(=O)N2CC3CCC(C2)N3C)ccc1Nc1nc(Nc2ccc(C(=O)NCc3ccccc3)cc2)ncc1C(N)=O. The third-order valence-corrected chi connectivity index (χ3v) is 8.67. The average molecular weight is 635 g/mol. The number of aromatic nitrogens is 2. The molecule has 6 rings (SSSR count). The van der Waals surface area contributed by atoms with Crippen LogP contribution in [0.25, 0.3) is 0 Å². The van der Waals surface area contributed by atoms with Crippen molar-refractivity contribution in [1.29, 1.82) is 0 Å². The van der Waals surface area contributed by atoms with Crippen molar-refractivity contribution in [3.05, 3.63) is 101 Å². The molecule has 2 aliphatic rings. The Morgan fingerprint density at radius 3 is 2.32 bits per heavy atom. The molecule has 242 valence electrons. The fraction of sp³-hybridized carbons (Fsp3) is 0.286. The van der Waals surface area contributed by atoms with Gasteiger partial charge in [-0.05, 0) is 74.8 Å². The molecule has 0 saturated carbocycles. The summed E-state index contributed by atoms with van der Waals surface area (Å²) in [6.07, 6.45) is 3.55. The molecular weight excluding hydrogens is 596 g/mol. The number of likely N-dealkylation sites (N-methyl/N-ethyl adjacent to an activating group) is 1. The van der Waals surface area contributed by atoms with Crippen LogP contribution >= 0.6 is 0 Å². The highest BCUT2D eigenvalue weighted by Crippen LogP contribution is 2.33. The standard InChI is InChI=1S/C35H38N8O4/c1-3-47-30-17-24(34(46)43-20-26-14-15-27(21-43)42(26)2)11-16-29(30)40-32-28(31(36)44)19-38-35(41-32)39-25-12-9-23(10-13-25)33(45)37-18-22-7-5-4-6-8-22/h4-13,16-17,19,26-27H,3,14-15,18,20-21H2,1-2H3,(H2,36,44)(H,37,45)(H2,38,39,40,41). The van der Waals surface area contributed by atoms with Gasteiger partial charge in [0, 0.05) is 54.7 Å². The Morgan fingerprint density at radius 1 is 0.936 bits per heavy atom. The molecule has 2 bridgehead atoms. The van der Waals surface area contributed by atoms with E-state index >= 15 is 0 Å². The van der Waals surface area contributed by atoms with Crippen LogP contribution in [0.2, 0.25) is 0 Å². The average Bonchev–Trinajstić information content (AvgIpc) is 3.27. The molecule has 12 heteroatoms. The maximum absolute atomic E-state index is 13.5. The van der Waals surface area contributed by atoms with Crippen molar-refractivity contribution in [2.45, 2.75) is 38.4 Å². The van der Waals surface area contributed by atoms with Crippen molar-refractivity contribution in [1.82, 2.24) is 25.1 Å². The number of nitrogens with zero attached hydrogens (tertiary/aromatic N) is 4. The van der Waals surface area contributed by atoms with Crippen LogP contribution in [0.1, 0.15) is 56.4 Å². The topological polar surface area (TPSA) is 155 Å². The van der Waals surface area contributed by atoms with Gasteiger partial charge in [-0.3, -0.25) is 19.3 Å². The van der Waals surface area contributed by atoms with E-state index in [0.717, 1.165) is 18.4 Å². The number of nitrogens with one attached hydrogen (secondary N) is 3. The minimum absolute atomic E-state index is 0.0338. The van der Waals surface area contributed by atoms with E-state index in [-0.39, 0.29) is 29.1 Å². The first-order valence-corrected chi connectivity index (χ1v) is 15.7. The lowest BCUT2D eigenvalue weighted by atomic mass is 10.1. The van der Waals surface area contributed by atoms with Gasteiger partial charge in [-0.1, -0.05) is 30.3 Å². The molecule has 47 heavy (non-hydrogen) atoms. The minimum atomic E-state index is -0.709. The molecule has 3 amide bonds. The molecule has 12 nitrogen and oxygen atoms in total. The number of primary amides is 1. The van der Waals surface area contributed by atoms with Gasteiger partial charge in [-0.2, -0.15) is 4.98 Å². The van der Waals surface area contributed by atoms with Crippen LogP contribution in [-0.2, 0) is 6.54 Å². The van der Waals surface area contributed by atoms with E-state index in [1.807, 2.05) is 42.2 Å². The van der Waals surface area contributed by atoms with E-state index in [9.17, 15) is 14.4 Å². The number of amides is 3. The van der Waals surface area contributed by atoms with Crippen molar-refractivity contribution in [2.75, 3.05) is 37.4 Å². The van der Waals surface area contributed by atoms with Crippen molar-refractivity contribution in [3.8, 4) is 5.75 Å². The minimum Gasteiger partial charge on any atom is -0.492 e. The summed E-state index contributed by atoms with van der Waals surface area (Å²) in [7, 11) is 2.14. The molecule has 2 atom stereocenters. The summed E-state index contributed by atoms with van der Waals surface area (Å²) in [5, 5.41) is 9.17. The van der Waals surface area contributed by atoms with E-state index < -0.39 is 5.91 Å². The Morgan fingerprint density at radius 2 is 1.64 bits per heavy atom. The van der Waals surface area contributed by atoms with E-state index in [2.05, 4.69) is 37.9 Å². The highest BCUT2D eigenvalue weighted by molar-refractivity contribution is 5.99. The second-order valence-corrected chi connectivity index (χ2v) is 11.7. The molecule has 2 unspecified atom stereocenters. The fourth-order valence-corrected chi connectivity index (χ4v) is 6.06. The fourth-order valence-electron chi connectivity index (χ4n) is 6.06. The second-order valence-electron chi connectivity index (χ2n) is 11.7. The van der Waals surface area contributed by atoms with Gasteiger partial charge in [-0.25, -0.2) is 4.98 Å². The monoisotopic (exact) mass is 634 g/mol. The van der Waals surface area contributed by atoms with Crippen LogP contribution in [0.15, 0.2) is 79.0 Å². The third-order valence-electron chi connectivity index (χ3n) is 8.67. The summed E-state index contributed by atoms with van der Waals surface area (Å²) in [5.41, 5.74) is 8.93. The van der Waals surface area contributed by atoms with E-state index in [1.54, 1.807) is 42.5 Å². The highest BCUT2D eigenvalue weighted by atomic mass is 16.5. The number of carbonyl (C=O) groups excluding carboxylic acids is 3. The van der Waals surface area contributed by atoms with Crippen LogP contribution in [0, 0.1) is 0 Å². The Kier molecular flexibility index (Phi) is 9.30. The number of ether oxygens (including phenoxy) is 1. The van der Waals surface area contributed by atoms with Gasteiger partial charge in [0.05, 0.1) is 12.3 Å². The Labute approximate surface area is 273 Å². The molecule has 4 aromatic rings. The first-order chi connectivity index (χ1) is 22.8. The van der Waals surface area contributed by atoms with Crippen molar-refractivity contribution in [3.63, 3.8) is 0 Å². The predicted molar refractivity (Wildman–Crippen MR) is 179 cm³/mol. The van der Waals surface area contributed by atoms with Gasteiger partial charge in [0.1, 0.15) is 17.1 Å². The number of hydrogen-bond donors (Lipinski definition) is 4. The molecule has 1 aromatic heterocycles. The molecular formula is C35H38N8O4. The van der Waals surface area contributed by atoms with Crippen molar-refractivity contribution >= 4 is 40.9 Å². The number of likely N-dealkylation sites (tertiary alicyclic amines) is 1. The molecule has 0 aliphatic carbocycles. The molecule has 5 N–H and O–H groups in total. The smallest absolute Gasteiger partial charge is 0.254 e. The Balaban J connectivity index is 1.16. The number of benzene rings is 3. The lowest BCUT2D eigenvalue weighted by molar-refractivity contribution is 0.0523. The molecule has 0 radical (unpaired) electrons. The van der Waals surface area contributed by atoms with Gasteiger partial charge in [0.25, 0.3) is 17.7 Å². The van der Waals surface area contributed by atoms with Gasteiger partial charge in [0.15, 0.2) is 0 Å². The molecule has 2 aliphatic heterocycles. The number of piperazine rings is 1. The first kappa shape index (κ1) is 31.5. The molecule has 3 aromatic carbocycles. The summed E-state index contributed by atoms with van der Waals surface area (Å²) in [6, 6.07) is 22.5. The highest BCUT2D eigenvalue weighted by Gasteiger charge is 2.39. The van der Waals surface area contributed by atoms with E-state index in [0.29, 0.717) is 66.6 Å². The summed E-state index contributed by atoms with van der Waals surface area (Å²) < 4.78 is 5.91. The lowest BCUT2D eigenvalue weighted by Gasteiger charge is -2.39. The maximum Gasteiger partial charge on any atom is 0.254 e. The van der Waals surface area contributed by atoms with Crippen molar-refractivity contribution < 1.29 is 19.1 Å².